The van der Waals surface area contributed by atoms with Gasteiger partial charge in [0.15, 0.2) is 0 Å². The molecule has 0 unspecified atom stereocenters. The lowest BCUT2D eigenvalue weighted by atomic mass is 10.2. The van der Waals surface area contributed by atoms with Gasteiger partial charge in [0.05, 0.1) is 12.2 Å². The molecule has 0 saturated heterocycles. The van der Waals surface area contributed by atoms with Crippen LogP contribution < -0.4 is 0 Å². The Morgan fingerprint density at radius 3 is 2.62 bits per heavy atom. The van der Waals surface area contributed by atoms with Gasteiger partial charge < -0.3 is 9.32 Å². The second kappa shape index (κ2) is 9.00. The van der Waals surface area contributed by atoms with Gasteiger partial charge in [0.25, 0.3) is 5.22 Å². The molecule has 1 heterocycles. The fraction of sp³-hybridized carbons (Fsp3) is 0.211. The van der Waals surface area contributed by atoms with E-state index in [9.17, 15) is 4.79 Å². The van der Waals surface area contributed by atoms with Crippen molar-refractivity contribution < 1.29 is 9.21 Å². The summed E-state index contributed by atoms with van der Waals surface area (Å²) in [6.07, 6.45) is 0.588. The topological polar surface area (TPSA) is 59.2 Å². The fourth-order valence-corrected chi connectivity index (χ4v) is 3.47. The van der Waals surface area contributed by atoms with Crippen LogP contribution >= 0.6 is 27.7 Å². The molecule has 134 valence electrons. The molecule has 0 spiro atoms. The van der Waals surface area contributed by atoms with Crippen molar-refractivity contribution in [2.45, 2.75) is 18.2 Å². The number of thioether (sulfide) groups is 1. The highest BCUT2D eigenvalue weighted by Crippen LogP contribution is 2.20. The van der Waals surface area contributed by atoms with E-state index in [-0.39, 0.29) is 11.7 Å². The van der Waals surface area contributed by atoms with E-state index in [4.69, 9.17) is 4.42 Å². The second-order valence-electron chi connectivity index (χ2n) is 5.75. The molecule has 0 bridgehead atoms. The number of carbonyl (C=O) groups excluding carboxylic acids is 1. The van der Waals surface area contributed by atoms with Crippen molar-refractivity contribution in [3.05, 3.63) is 76.1 Å². The largest absolute Gasteiger partial charge is 0.416 e. The van der Waals surface area contributed by atoms with Crippen molar-refractivity contribution in [1.82, 2.24) is 15.1 Å². The van der Waals surface area contributed by atoms with Gasteiger partial charge in [-0.3, -0.25) is 4.79 Å². The molecule has 0 saturated carbocycles. The van der Waals surface area contributed by atoms with Crippen LogP contribution in [0.2, 0.25) is 0 Å². The summed E-state index contributed by atoms with van der Waals surface area (Å²) in [5.41, 5.74) is 2.17. The molecule has 0 aliphatic rings. The summed E-state index contributed by atoms with van der Waals surface area (Å²) in [7, 11) is 1.79. The number of aromatic nitrogens is 2. The molecule has 0 aliphatic carbocycles. The quantitative estimate of drug-likeness (QED) is 0.525. The zero-order chi connectivity index (χ0) is 18.4. The first-order chi connectivity index (χ1) is 12.6. The molecule has 26 heavy (non-hydrogen) atoms. The number of carbonyl (C=O) groups is 1. The number of nitrogens with zero attached hydrogens (tertiary/aromatic N) is 3. The van der Waals surface area contributed by atoms with Gasteiger partial charge in [-0.2, -0.15) is 0 Å². The highest BCUT2D eigenvalue weighted by atomic mass is 79.9. The minimum absolute atomic E-state index is 0.00793. The van der Waals surface area contributed by atoms with Crippen LogP contribution in [0.3, 0.4) is 0 Å². The highest BCUT2D eigenvalue weighted by Gasteiger charge is 2.14. The van der Waals surface area contributed by atoms with Gasteiger partial charge in [-0.15, -0.1) is 10.2 Å². The standard InChI is InChI=1S/C19H18BrN3O2S/c1-23(12-15-9-5-6-10-16(15)20)18(24)13-26-19-22-21-17(25-19)11-14-7-3-2-4-8-14/h2-10H,11-13H2,1H3. The van der Waals surface area contributed by atoms with Crippen LogP contribution in [0.1, 0.15) is 17.0 Å². The fourth-order valence-electron chi connectivity index (χ4n) is 2.34. The van der Waals surface area contributed by atoms with Gasteiger partial charge >= 0.3 is 0 Å². The van der Waals surface area contributed by atoms with E-state index in [0.29, 0.717) is 24.1 Å². The third-order valence-corrected chi connectivity index (χ3v) is 5.33. The maximum atomic E-state index is 12.3. The Labute approximate surface area is 164 Å². The monoisotopic (exact) mass is 431 g/mol. The van der Waals surface area contributed by atoms with Crippen molar-refractivity contribution in [2.75, 3.05) is 12.8 Å². The third kappa shape index (κ3) is 5.19. The summed E-state index contributed by atoms with van der Waals surface area (Å²) in [6.45, 7) is 0.546. The SMILES string of the molecule is CN(Cc1ccccc1Br)C(=O)CSc1nnc(Cc2ccccc2)o1. The van der Waals surface area contributed by atoms with Crippen LogP contribution in [-0.2, 0) is 17.8 Å². The number of amides is 1. The van der Waals surface area contributed by atoms with Crippen LogP contribution in [0.5, 0.6) is 0 Å². The van der Waals surface area contributed by atoms with Crippen LogP contribution in [0.4, 0.5) is 0 Å². The van der Waals surface area contributed by atoms with E-state index in [1.54, 1.807) is 11.9 Å². The summed E-state index contributed by atoms with van der Waals surface area (Å²) in [5.74, 6) is 0.815. The van der Waals surface area contributed by atoms with E-state index in [1.165, 1.54) is 11.8 Å². The number of rotatable bonds is 7. The van der Waals surface area contributed by atoms with Crippen LogP contribution in [0.25, 0.3) is 0 Å². The van der Waals surface area contributed by atoms with Crippen LogP contribution in [0, 0.1) is 0 Å². The first kappa shape index (κ1) is 18.7. The predicted molar refractivity (Wildman–Crippen MR) is 105 cm³/mol. The Bertz CT molecular complexity index is 870. The van der Waals surface area contributed by atoms with E-state index >= 15 is 0 Å². The maximum absolute atomic E-state index is 12.3. The minimum atomic E-state index is 0.00793. The summed E-state index contributed by atoms with van der Waals surface area (Å²) in [4.78, 5) is 14.0. The van der Waals surface area contributed by atoms with Crippen molar-refractivity contribution in [2.24, 2.45) is 0 Å². The van der Waals surface area contributed by atoms with Crippen LogP contribution in [-0.4, -0.2) is 33.8 Å². The summed E-state index contributed by atoms with van der Waals surface area (Å²) >= 11 is 4.76. The molecular formula is C19H18BrN3O2S. The molecule has 0 radical (unpaired) electrons. The van der Waals surface area contributed by atoms with Crippen molar-refractivity contribution in [1.29, 1.82) is 0 Å². The number of halogens is 1. The summed E-state index contributed by atoms with van der Waals surface area (Å²) < 4.78 is 6.61. The zero-order valence-electron chi connectivity index (χ0n) is 14.3. The third-order valence-electron chi connectivity index (χ3n) is 3.76. The van der Waals surface area contributed by atoms with Gasteiger partial charge in [0, 0.05) is 18.1 Å². The van der Waals surface area contributed by atoms with E-state index < -0.39 is 0 Å². The Balaban J connectivity index is 1.51. The molecule has 1 aromatic heterocycles. The van der Waals surface area contributed by atoms with Crippen LogP contribution in [0.15, 0.2) is 68.7 Å². The maximum Gasteiger partial charge on any atom is 0.277 e. The predicted octanol–water partition coefficient (Wildman–Crippen LogP) is 4.17. The molecular weight excluding hydrogens is 414 g/mol. The highest BCUT2D eigenvalue weighted by molar-refractivity contribution is 9.10. The molecule has 2 aromatic carbocycles. The van der Waals surface area contributed by atoms with Gasteiger partial charge in [0.1, 0.15) is 0 Å². The Morgan fingerprint density at radius 1 is 1.12 bits per heavy atom. The molecule has 7 heteroatoms. The van der Waals surface area contributed by atoms with Gasteiger partial charge in [-0.25, -0.2) is 0 Å². The Hall–Kier alpha value is -2.12. The summed E-state index contributed by atoms with van der Waals surface area (Å²) in [5, 5.41) is 8.47. The van der Waals surface area contributed by atoms with Gasteiger partial charge in [0.2, 0.25) is 11.8 Å². The van der Waals surface area contributed by atoms with Gasteiger partial charge in [-0.05, 0) is 17.2 Å². The van der Waals surface area contributed by atoms with E-state index in [1.807, 2.05) is 54.6 Å². The molecule has 0 N–H and O–H groups in total. The van der Waals surface area contributed by atoms with Gasteiger partial charge in [-0.1, -0.05) is 76.2 Å². The normalized spacial score (nSPS) is 10.7. The summed E-state index contributed by atoms with van der Waals surface area (Å²) in [6, 6.07) is 17.8. The van der Waals surface area contributed by atoms with E-state index in [0.717, 1.165) is 15.6 Å². The zero-order valence-corrected chi connectivity index (χ0v) is 16.7. The molecule has 0 fully saturated rings. The van der Waals surface area contributed by atoms with Crippen molar-refractivity contribution in [3.63, 3.8) is 0 Å². The average molecular weight is 432 g/mol. The lowest BCUT2D eigenvalue weighted by molar-refractivity contribution is -0.127. The second-order valence-corrected chi connectivity index (χ2v) is 7.53. The number of hydrogen-bond donors (Lipinski definition) is 0. The van der Waals surface area contributed by atoms with Crippen molar-refractivity contribution in [3.8, 4) is 0 Å². The first-order valence-corrected chi connectivity index (χ1v) is 9.86. The van der Waals surface area contributed by atoms with E-state index in [2.05, 4.69) is 26.1 Å². The number of benzene rings is 2. The average Bonchev–Trinajstić information content (AvgIpc) is 3.09. The molecule has 1 amide bonds. The lowest BCUT2D eigenvalue weighted by Gasteiger charge is -2.17. The molecule has 0 atom stereocenters. The Morgan fingerprint density at radius 2 is 1.85 bits per heavy atom. The minimum Gasteiger partial charge on any atom is -0.416 e. The molecule has 5 nitrogen and oxygen atoms in total. The van der Waals surface area contributed by atoms with Crippen molar-refractivity contribution >= 4 is 33.6 Å². The Kier molecular flexibility index (Phi) is 6.46. The lowest BCUT2D eigenvalue weighted by Crippen LogP contribution is -2.27. The first-order valence-electron chi connectivity index (χ1n) is 8.08. The number of hydrogen-bond acceptors (Lipinski definition) is 5. The molecule has 3 aromatic rings. The smallest absolute Gasteiger partial charge is 0.277 e. The molecule has 0 aliphatic heterocycles. The molecule has 3 rings (SSSR count).